The topological polar surface area (TPSA) is 70.7 Å². The lowest BCUT2D eigenvalue weighted by molar-refractivity contribution is -0.129. The first-order chi connectivity index (χ1) is 13.0. The van der Waals surface area contributed by atoms with Crippen LogP contribution < -0.4 is 20.5 Å². The number of para-hydroxylation sites is 1. The molecule has 142 valence electrons. The van der Waals surface area contributed by atoms with Gasteiger partial charge in [-0.15, -0.1) is 0 Å². The molecule has 2 amide bonds. The molecule has 1 aliphatic rings. The lowest BCUT2D eigenvalue weighted by Crippen LogP contribution is -2.48. The van der Waals surface area contributed by atoms with Gasteiger partial charge < -0.3 is 9.64 Å². The van der Waals surface area contributed by atoms with Gasteiger partial charge in [-0.3, -0.25) is 20.4 Å². The molecule has 0 bridgehead atoms. The average Bonchev–Trinajstić information content (AvgIpc) is 2.66. The van der Waals surface area contributed by atoms with Gasteiger partial charge in [-0.25, -0.2) is 4.39 Å². The smallest absolute Gasteiger partial charge is 0.276 e. The number of halogens is 2. The molecule has 1 aliphatic heterocycles. The minimum Gasteiger partial charge on any atom is -0.483 e. The summed E-state index contributed by atoms with van der Waals surface area (Å²) in [6, 6.07) is 11.9. The molecule has 0 aromatic heterocycles. The molecular weight excluding hydrogens is 417 g/mol. The Morgan fingerprint density at radius 3 is 2.74 bits per heavy atom. The Labute approximate surface area is 164 Å². The van der Waals surface area contributed by atoms with E-state index in [0.717, 1.165) is 25.1 Å². The fourth-order valence-corrected chi connectivity index (χ4v) is 3.37. The van der Waals surface area contributed by atoms with Crippen molar-refractivity contribution < 1.29 is 18.7 Å². The van der Waals surface area contributed by atoms with Gasteiger partial charge in [-0.2, -0.15) is 0 Å². The van der Waals surface area contributed by atoms with E-state index in [1.54, 1.807) is 0 Å². The van der Waals surface area contributed by atoms with E-state index in [2.05, 4.69) is 32.8 Å². The number of hydrazine groups is 1. The maximum atomic E-state index is 13.0. The van der Waals surface area contributed by atoms with Gasteiger partial charge in [0.2, 0.25) is 0 Å². The monoisotopic (exact) mass is 435 g/mol. The van der Waals surface area contributed by atoms with Crippen LogP contribution in [0.15, 0.2) is 46.9 Å². The summed E-state index contributed by atoms with van der Waals surface area (Å²) in [4.78, 5) is 26.0. The maximum absolute atomic E-state index is 13.0. The summed E-state index contributed by atoms with van der Waals surface area (Å²) in [7, 11) is 0. The standard InChI is InChI=1S/C19H19BrFN3O3/c20-15-10-14(21)7-8-17(15)27-12-19(26)23-22-18(25)11-24-9-3-5-13-4-1-2-6-16(13)24/h1-2,4,6-8,10H,3,5,9,11-12H2,(H,22,25)(H,23,26). The fourth-order valence-electron chi connectivity index (χ4n) is 2.90. The van der Waals surface area contributed by atoms with E-state index in [-0.39, 0.29) is 19.1 Å². The number of fused-ring (bicyclic) bond motifs is 1. The van der Waals surface area contributed by atoms with Crippen molar-refractivity contribution in [3.05, 3.63) is 58.3 Å². The van der Waals surface area contributed by atoms with Crippen LogP contribution >= 0.6 is 15.9 Å². The summed E-state index contributed by atoms with van der Waals surface area (Å²) >= 11 is 3.16. The molecule has 0 unspecified atom stereocenters. The number of carbonyl (C=O) groups is 2. The summed E-state index contributed by atoms with van der Waals surface area (Å²) in [6.45, 7) is 0.638. The highest BCUT2D eigenvalue weighted by Crippen LogP contribution is 2.26. The van der Waals surface area contributed by atoms with Crippen LogP contribution in [-0.4, -0.2) is 31.5 Å². The maximum Gasteiger partial charge on any atom is 0.276 e. The highest BCUT2D eigenvalue weighted by atomic mass is 79.9. The normalized spacial score (nSPS) is 12.9. The summed E-state index contributed by atoms with van der Waals surface area (Å²) in [5.74, 6) is -0.908. The molecular formula is C19H19BrFN3O3. The number of amides is 2. The molecule has 2 aromatic carbocycles. The first-order valence-electron chi connectivity index (χ1n) is 8.51. The number of hydrogen-bond donors (Lipinski definition) is 2. The summed E-state index contributed by atoms with van der Waals surface area (Å²) in [5, 5.41) is 0. The Kier molecular flexibility index (Phi) is 6.28. The van der Waals surface area contributed by atoms with Crippen LogP contribution in [0.5, 0.6) is 5.75 Å². The minimum absolute atomic E-state index is 0.154. The van der Waals surface area contributed by atoms with Crippen molar-refractivity contribution in [3.63, 3.8) is 0 Å². The fraction of sp³-hybridized carbons (Fsp3) is 0.263. The lowest BCUT2D eigenvalue weighted by Gasteiger charge is -2.30. The molecule has 0 fully saturated rings. The number of nitrogens with one attached hydrogen (secondary N) is 2. The van der Waals surface area contributed by atoms with E-state index in [1.807, 2.05) is 23.1 Å². The van der Waals surface area contributed by atoms with Crippen molar-refractivity contribution in [2.24, 2.45) is 0 Å². The van der Waals surface area contributed by atoms with Crippen LogP contribution in [0.3, 0.4) is 0 Å². The Balaban J connectivity index is 1.45. The van der Waals surface area contributed by atoms with Gasteiger partial charge in [-0.05, 0) is 58.6 Å². The molecule has 6 nitrogen and oxygen atoms in total. The van der Waals surface area contributed by atoms with Crippen LogP contribution in [0.4, 0.5) is 10.1 Å². The Hall–Kier alpha value is -2.61. The third-order valence-corrected chi connectivity index (χ3v) is 4.75. The Morgan fingerprint density at radius 2 is 1.93 bits per heavy atom. The average molecular weight is 436 g/mol. The van der Waals surface area contributed by atoms with E-state index >= 15 is 0 Å². The zero-order valence-corrected chi connectivity index (χ0v) is 16.1. The van der Waals surface area contributed by atoms with Crippen molar-refractivity contribution in [3.8, 4) is 5.75 Å². The van der Waals surface area contributed by atoms with Gasteiger partial charge in [0.05, 0.1) is 11.0 Å². The van der Waals surface area contributed by atoms with Crippen LogP contribution in [0, 0.1) is 5.82 Å². The first-order valence-corrected chi connectivity index (χ1v) is 9.30. The van der Waals surface area contributed by atoms with Gasteiger partial charge in [0.25, 0.3) is 11.8 Å². The van der Waals surface area contributed by atoms with Gasteiger partial charge in [0, 0.05) is 12.2 Å². The number of benzene rings is 2. The van der Waals surface area contributed by atoms with Gasteiger partial charge >= 0.3 is 0 Å². The highest BCUT2D eigenvalue weighted by Gasteiger charge is 2.18. The number of hydrogen-bond acceptors (Lipinski definition) is 4. The second-order valence-corrected chi connectivity index (χ2v) is 6.97. The molecule has 0 spiro atoms. The zero-order valence-electron chi connectivity index (χ0n) is 14.5. The molecule has 0 saturated carbocycles. The van der Waals surface area contributed by atoms with Crippen LogP contribution in [0.1, 0.15) is 12.0 Å². The molecule has 3 rings (SSSR count). The molecule has 1 heterocycles. The number of nitrogens with zero attached hydrogens (tertiary/aromatic N) is 1. The first kappa shape index (κ1) is 19.2. The van der Waals surface area contributed by atoms with E-state index in [4.69, 9.17) is 4.74 Å². The largest absolute Gasteiger partial charge is 0.483 e. The Morgan fingerprint density at radius 1 is 1.15 bits per heavy atom. The second-order valence-electron chi connectivity index (χ2n) is 6.11. The summed E-state index contributed by atoms with van der Waals surface area (Å²) < 4.78 is 18.7. The van der Waals surface area contributed by atoms with Crippen molar-refractivity contribution >= 4 is 33.4 Å². The number of carbonyl (C=O) groups excluding carboxylic acids is 2. The second kappa shape index (κ2) is 8.85. The molecule has 0 aliphatic carbocycles. The zero-order chi connectivity index (χ0) is 19.2. The lowest BCUT2D eigenvalue weighted by atomic mass is 10.0. The van der Waals surface area contributed by atoms with E-state index < -0.39 is 11.7 Å². The molecule has 0 atom stereocenters. The minimum atomic E-state index is -0.515. The van der Waals surface area contributed by atoms with E-state index in [1.165, 1.54) is 23.8 Å². The number of aryl methyl sites for hydroxylation is 1. The number of rotatable bonds is 5. The van der Waals surface area contributed by atoms with Gasteiger partial charge in [0.15, 0.2) is 6.61 Å². The van der Waals surface area contributed by atoms with Crippen LogP contribution in [0.2, 0.25) is 0 Å². The van der Waals surface area contributed by atoms with Crippen LogP contribution in [0.25, 0.3) is 0 Å². The van der Waals surface area contributed by atoms with Crippen molar-refractivity contribution in [2.45, 2.75) is 12.8 Å². The van der Waals surface area contributed by atoms with Crippen LogP contribution in [-0.2, 0) is 16.0 Å². The molecule has 2 N–H and O–H groups in total. The molecule has 2 aromatic rings. The van der Waals surface area contributed by atoms with Crippen molar-refractivity contribution in [1.29, 1.82) is 0 Å². The molecule has 0 saturated heterocycles. The van der Waals surface area contributed by atoms with Gasteiger partial charge in [-0.1, -0.05) is 18.2 Å². The summed E-state index contributed by atoms with van der Waals surface area (Å²) in [5.41, 5.74) is 6.98. The van der Waals surface area contributed by atoms with Gasteiger partial charge in [0.1, 0.15) is 11.6 Å². The third kappa shape index (κ3) is 5.19. The Bertz CT molecular complexity index is 847. The predicted octanol–water partition coefficient (Wildman–Crippen LogP) is 2.57. The molecule has 27 heavy (non-hydrogen) atoms. The SMILES string of the molecule is O=C(COc1ccc(F)cc1Br)NNC(=O)CN1CCCc2ccccc21. The predicted molar refractivity (Wildman–Crippen MR) is 103 cm³/mol. The number of ether oxygens (including phenoxy) is 1. The molecule has 0 radical (unpaired) electrons. The van der Waals surface area contributed by atoms with E-state index in [9.17, 15) is 14.0 Å². The van der Waals surface area contributed by atoms with Crippen molar-refractivity contribution in [1.82, 2.24) is 10.9 Å². The summed E-state index contributed by atoms with van der Waals surface area (Å²) in [6.07, 6.45) is 1.98. The quantitative estimate of drug-likeness (QED) is 0.708. The highest BCUT2D eigenvalue weighted by molar-refractivity contribution is 9.10. The van der Waals surface area contributed by atoms with Crippen molar-refractivity contribution in [2.75, 3.05) is 24.6 Å². The molecule has 8 heteroatoms. The van der Waals surface area contributed by atoms with E-state index in [0.29, 0.717) is 10.2 Å². The number of anilines is 1. The third-order valence-electron chi connectivity index (χ3n) is 4.13.